The first kappa shape index (κ1) is 21.6. The Kier molecular flexibility index (Phi) is 10.1. The summed E-state index contributed by atoms with van der Waals surface area (Å²) < 4.78 is 55.5. The van der Waals surface area contributed by atoms with Gasteiger partial charge in [0.1, 0.15) is 0 Å². The van der Waals surface area contributed by atoms with Gasteiger partial charge >= 0.3 is 0 Å². The van der Waals surface area contributed by atoms with Gasteiger partial charge in [0.25, 0.3) is 20.2 Å². The van der Waals surface area contributed by atoms with Crippen LogP contribution in [0.4, 0.5) is 0 Å². The molecule has 8 heteroatoms. The second kappa shape index (κ2) is 10.4. The molecule has 132 valence electrons. The van der Waals surface area contributed by atoms with Crippen molar-refractivity contribution in [3.8, 4) is 0 Å². The lowest BCUT2D eigenvalue weighted by Gasteiger charge is -2.06. The zero-order valence-electron chi connectivity index (χ0n) is 13.8. The van der Waals surface area contributed by atoms with Crippen molar-refractivity contribution >= 4 is 20.2 Å². The molecule has 0 bridgehead atoms. The van der Waals surface area contributed by atoms with Crippen LogP contribution < -0.4 is 0 Å². The minimum absolute atomic E-state index is 0.0153. The van der Waals surface area contributed by atoms with E-state index >= 15 is 0 Å². The summed E-state index contributed by atoms with van der Waals surface area (Å²) in [6.07, 6.45) is 3.96. The molecule has 0 aliphatic rings. The van der Waals surface area contributed by atoms with Gasteiger partial charge < -0.3 is 0 Å². The first-order chi connectivity index (χ1) is 10.0. The summed E-state index contributed by atoms with van der Waals surface area (Å²) in [5.41, 5.74) is 0. The van der Waals surface area contributed by atoms with Crippen LogP contribution in [0.3, 0.4) is 0 Å². The minimum atomic E-state index is -3.52. The lowest BCUT2D eigenvalue weighted by atomic mass is 10.2. The molecule has 0 saturated heterocycles. The maximum absolute atomic E-state index is 11.5. The van der Waals surface area contributed by atoms with Gasteiger partial charge in [-0.3, -0.25) is 8.37 Å². The van der Waals surface area contributed by atoms with Crippen LogP contribution in [-0.2, 0) is 28.6 Å². The third-order valence-corrected chi connectivity index (χ3v) is 5.21. The Morgan fingerprint density at radius 1 is 0.727 bits per heavy atom. The van der Waals surface area contributed by atoms with Gasteiger partial charge in [0.05, 0.1) is 24.7 Å². The molecule has 0 aromatic carbocycles. The predicted octanol–water partition coefficient (Wildman–Crippen LogP) is 2.33. The van der Waals surface area contributed by atoms with Gasteiger partial charge in [-0.05, 0) is 24.7 Å². The quantitative estimate of drug-likeness (QED) is 0.394. The van der Waals surface area contributed by atoms with Crippen LogP contribution >= 0.6 is 0 Å². The van der Waals surface area contributed by atoms with E-state index in [1.165, 1.54) is 12.2 Å². The van der Waals surface area contributed by atoms with Crippen LogP contribution in [0, 0.1) is 11.8 Å². The molecule has 0 aromatic heterocycles. The molecule has 0 saturated carbocycles. The molecule has 0 atom stereocenters. The van der Waals surface area contributed by atoms with Crippen LogP contribution in [0.25, 0.3) is 0 Å². The molecule has 0 aromatic rings. The summed E-state index contributed by atoms with van der Waals surface area (Å²) in [4.78, 5) is 0. The van der Waals surface area contributed by atoms with Gasteiger partial charge in [-0.25, -0.2) is 0 Å². The first-order valence-corrected chi connectivity index (χ1v) is 10.6. The summed E-state index contributed by atoms with van der Waals surface area (Å²) in [7, 11) is -7.04. The highest BCUT2D eigenvalue weighted by Crippen LogP contribution is 2.06. The SMILES string of the molecule is CC(C)CCS(=O)(=O)OCC=CCOS(=O)(=O)CCC(C)C. The highest BCUT2D eigenvalue weighted by molar-refractivity contribution is 7.86. The summed E-state index contributed by atoms with van der Waals surface area (Å²) in [6.45, 7) is 7.52. The summed E-state index contributed by atoms with van der Waals surface area (Å²) in [6, 6.07) is 0. The average Bonchev–Trinajstić information content (AvgIpc) is 2.38. The van der Waals surface area contributed by atoms with Gasteiger partial charge in [-0.15, -0.1) is 0 Å². The van der Waals surface area contributed by atoms with Gasteiger partial charge in [0.2, 0.25) is 0 Å². The maximum atomic E-state index is 11.5. The molecule has 6 nitrogen and oxygen atoms in total. The Balaban J connectivity index is 3.96. The van der Waals surface area contributed by atoms with E-state index in [0.717, 1.165) is 0 Å². The molecular weight excluding hydrogens is 328 g/mol. The van der Waals surface area contributed by atoms with Crippen molar-refractivity contribution in [2.24, 2.45) is 11.8 Å². The third kappa shape index (κ3) is 13.2. The van der Waals surface area contributed by atoms with E-state index < -0.39 is 20.2 Å². The molecular formula is C14H28O6S2. The van der Waals surface area contributed by atoms with Gasteiger partial charge in [0.15, 0.2) is 0 Å². The second-order valence-corrected chi connectivity index (χ2v) is 9.45. The fourth-order valence-electron chi connectivity index (χ4n) is 1.30. The fraction of sp³-hybridized carbons (Fsp3) is 0.857. The molecule has 0 rings (SSSR count). The average molecular weight is 357 g/mol. The van der Waals surface area contributed by atoms with E-state index in [2.05, 4.69) is 0 Å². The molecule has 22 heavy (non-hydrogen) atoms. The fourth-order valence-corrected chi connectivity index (χ4v) is 3.63. The Bertz CT molecular complexity index is 470. The topological polar surface area (TPSA) is 86.7 Å². The highest BCUT2D eigenvalue weighted by Gasteiger charge is 2.12. The Hall–Kier alpha value is -0.440. The van der Waals surface area contributed by atoms with E-state index in [1.54, 1.807) is 0 Å². The third-order valence-electron chi connectivity index (χ3n) is 2.74. The Morgan fingerprint density at radius 3 is 1.32 bits per heavy atom. The molecule has 0 aliphatic carbocycles. The molecule has 0 fully saturated rings. The largest absolute Gasteiger partial charge is 0.267 e. The van der Waals surface area contributed by atoms with Crippen molar-refractivity contribution in [1.29, 1.82) is 0 Å². The zero-order chi connectivity index (χ0) is 17.2. The molecule has 0 N–H and O–H groups in total. The zero-order valence-corrected chi connectivity index (χ0v) is 15.5. The van der Waals surface area contributed by atoms with Gasteiger partial charge in [-0.1, -0.05) is 39.8 Å². The molecule has 0 amide bonds. The van der Waals surface area contributed by atoms with Crippen molar-refractivity contribution in [2.75, 3.05) is 24.7 Å². The number of rotatable bonds is 12. The van der Waals surface area contributed by atoms with E-state index in [9.17, 15) is 16.8 Å². The second-order valence-electron chi connectivity index (χ2n) is 5.93. The predicted molar refractivity (Wildman–Crippen MR) is 87.5 cm³/mol. The number of hydrogen-bond donors (Lipinski definition) is 0. The molecule has 0 aliphatic heterocycles. The van der Waals surface area contributed by atoms with Crippen molar-refractivity contribution in [3.05, 3.63) is 12.2 Å². The molecule has 0 heterocycles. The van der Waals surface area contributed by atoms with Crippen LogP contribution in [0.15, 0.2) is 12.2 Å². The normalized spacial score (nSPS) is 13.5. The minimum Gasteiger partial charge on any atom is -0.266 e. The highest BCUT2D eigenvalue weighted by atomic mass is 32.2. The maximum Gasteiger partial charge on any atom is 0.267 e. The smallest absolute Gasteiger partial charge is 0.266 e. The molecule has 0 unspecified atom stereocenters. The van der Waals surface area contributed by atoms with Gasteiger partial charge in [-0.2, -0.15) is 16.8 Å². The lowest BCUT2D eigenvalue weighted by molar-refractivity contribution is 0.343. The monoisotopic (exact) mass is 356 g/mol. The van der Waals surface area contributed by atoms with Crippen LogP contribution in [0.1, 0.15) is 40.5 Å². The Labute approximate surface area is 135 Å². The number of hydrogen-bond acceptors (Lipinski definition) is 6. The first-order valence-electron chi connectivity index (χ1n) is 7.43. The standard InChI is InChI=1S/C14H28O6S2/c1-13(2)7-11-21(15,16)19-9-5-6-10-20-22(17,18)12-8-14(3)4/h5-6,13-14H,7-12H2,1-4H3. The molecule has 0 radical (unpaired) electrons. The Morgan fingerprint density at radius 2 is 1.05 bits per heavy atom. The summed E-state index contributed by atoms with van der Waals surface area (Å²) in [5.74, 6) is 0.550. The van der Waals surface area contributed by atoms with E-state index in [-0.39, 0.29) is 24.7 Å². The summed E-state index contributed by atoms with van der Waals surface area (Å²) in [5, 5.41) is 0. The van der Waals surface area contributed by atoms with E-state index in [1.807, 2.05) is 27.7 Å². The van der Waals surface area contributed by atoms with Crippen molar-refractivity contribution in [3.63, 3.8) is 0 Å². The van der Waals surface area contributed by atoms with Crippen LogP contribution in [0.5, 0.6) is 0 Å². The molecule has 0 spiro atoms. The van der Waals surface area contributed by atoms with Crippen LogP contribution in [-0.4, -0.2) is 41.6 Å². The van der Waals surface area contributed by atoms with Crippen molar-refractivity contribution in [2.45, 2.75) is 40.5 Å². The van der Waals surface area contributed by atoms with E-state index in [4.69, 9.17) is 8.37 Å². The van der Waals surface area contributed by atoms with Gasteiger partial charge in [0, 0.05) is 0 Å². The van der Waals surface area contributed by atoms with E-state index in [0.29, 0.717) is 24.7 Å². The van der Waals surface area contributed by atoms with Crippen LogP contribution in [0.2, 0.25) is 0 Å². The summed E-state index contributed by atoms with van der Waals surface area (Å²) >= 11 is 0. The lowest BCUT2D eigenvalue weighted by Crippen LogP contribution is -2.13. The van der Waals surface area contributed by atoms with Crippen molar-refractivity contribution < 1.29 is 25.2 Å². The van der Waals surface area contributed by atoms with Crippen molar-refractivity contribution in [1.82, 2.24) is 0 Å².